The van der Waals surface area contributed by atoms with Crippen LogP contribution in [-0.2, 0) is 4.79 Å². The van der Waals surface area contributed by atoms with Gasteiger partial charge in [0.1, 0.15) is 0 Å². The number of anilines is 1. The van der Waals surface area contributed by atoms with E-state index in [-0.39, 0.29) is 5.91 Å². The maximum absolute atomic E-state index is 11.5. The summed E-state index contributed by atoms with van der Waals surface area (Å²) in [6, 6.07) is 3.78. The van der Waals surface area contributed by atoms with Crippen molar-refractivity contribution in [3.8, 4) is 5.69 Å². The number of nitrogens with zero attached hydrogens (tertiary/aromatic N) is 4. The van der Waals surface area contributed by atoms with Crippen molar-refractivity contribution >= 4 is 11.6 Å². The molecule has 2 aromatic heterocycles. The van der Waals surface area contributed by atoms with Crippen LogP contribution in [0.15, 0.2) is 30.7 Å². The lowest BCUT2D eigenvalue weighted by molar-refractivity contribution is -0.116. The summed E-state index contributed by atoms with van der Waals surface area (Å²) < 4.78 is 1.74. The number of aromatic nitrogens is 3. The molecular weight excluding hydrogens is 228 g/mol. The van der Waals surface area contributed by atoms with E-state index in [0.29, 0.717) is 6.54 Å². The van der Waals surface area contributed by atoms with E-state index in [1.54, 1.807) is 28.9 Å². The van der Waals surface area contributed by atoms with Gasteiger partial charge in [0.05, 0.1) is 29.5 Å². The summed E-state index contributed by atoms with van der Waals surface area (Å²) in [5.41, 5.74) is 2.55. The van der Waals surface area contributed by atoms with Crippen LogP contribution < -0.4 is 4.90 Å². The van der Waals surface area contributed by atoms with Crippen molar-refractivity contribution in [2.45, 2.75) is 20.8 Å². The third-order valence-corrected chi connectivity index (χ3v) is 2.77. The van der Waals surface area contributed by atoms with E-state index in [1.165, 1.54) is 0 Å². The van der Waals surface area contributed by atoms with Crippen molar-refractivity contribution in [1.82, 2.24) is 14.8 Å². The summed E-state index contributed by atoms with van der Waals surface area (Å²) >= 11 is 0. The van der Waals surface area contributed by atoms with Crippen LogP contribution in [0.3, 0.4) is 0 Å². The Morgan fingerprint density at radius 3 is 2.83 bits per heavy atom. The highest BCUT2D eigenvalue weighted by Gasteiger charge is 2.15. The minimum absolute atomic E-state index is 0.0198. The molecule has 0 atom stereocenters. The lowest BCUT2D eigenvalue weighted by Gasteiger charge is -2.17. The molecule has 0 aliphatic heterocycles. The predicted octanol–water partition coefficient (Wildman–Crippen LogP) is 1.95. The molecule has 0 aliphatic rings. The first-order valence-corrected chi connectivity index (χ1v) is 5.88. The van der Waals surface area contributed by atoms with Gasteiger partial charge in [0.25, 0.3) is 0 Å². The monoisotopic (exact) mass is 244 g/mol. The summed E-state index contributed by atoms with van der Waals surface area (Å²) in [6.07, 6.45) is 5.31. The van der Waals surface area contributed by atoms with Gasteiger partial charge >= 0.3 is 0 Å². The number of carbonyl (C=O) groups excluding carboxylic acids is 1. The molecule has 0 spiro atoms. The highest BCUT2D eigenvalue weighted by molar-refractivity contribution is 5.91. The summed E-state index contributed by atoms with van der Waals surface area (Å²) in [7, 11) is 0. The second-order valence-corrected chi connectivity index (χ2v) is 4.02. The molecule has 5 heteroatoms. The predicted molar refractivity (Wildman–Crippen MR) is 69.8 cm³/mol. The summed E-state index contributed by atoms with van der Waals surface area (Å²) in [5.74, 6) is 0.0198. The molecule has 0 unspecified atom stereocenters. The molecule has 0 fully saturated rings. The molecule has 94 valence electrons. The Morgan fingerprint density at radius 1 is 1.50 bits per heavy atom. The van der Waals surface area contributed by atoms with Gasteiger partial charge < -0.3 is 4.90 Å². The van der Waals surface area contributed by atoms with Crippen LogP contribution in [-0.4, -0.2) is 27.2 Å². The topological polar surface area (TPSA) is 51.0 Å². The van der Waals surface area contributed by atoms with Gasteiger partial charge in [-0.15, -0.1) is 0 Å². The van der Waals surface area contributed by atoms with Crippen LogP contribution in [0.1, 0.15) is 19.5 Å². The smallest absolute Gasteiger partial charge is 0.223 e. The third-order valence-electron chi connectivity index (χ3n) is 2.77. The van der Waals surface area contributed by atoms with E-state index in [2.05, 4.69) is 10.1 Å². The molecule has 0 aromatic carbocycles. The van der Waals surface area contributed by atoms with E-state index in [4.69, 9.17) is 0 Å². The first-order valence-electron chi connectivity index (χ1n) is 5.88. The second kappa shape index (κ2) is 5.00. The van der Waals surface area contributed by atoms with Gasteiger partial charge in [-0.3, -0.25) is 9.78 Å². The molecule has 18 heavy (non-hydrogen) atoms. The highest BCUT2D eigenvalue weighted by atomic mass is 16.2. The molecule has 2 rings (SSSR count). The molecule has 5 nitrogen and oxygen atoms in total. The average molecular weight is 244 g/mol. The minimum Gasteiger partial charge on any atom is -0.310 e. The zero-order chi connectivity index (χ0) is 13.1. The number of hydrogen-bond acceptors (Lipinski definition) is 3. The van der Waals surface area contributed by atoms with Crippen LogP contribution in [0.5, 0.6) is 0 Å². The minimum atomic E-state index is 0.0198. The van der Waals surface area contributed by atoms with Crippen LogP contribution in [0.4, 0.5) is 5.69 Å². The molecule has 0 bridgehead atoms. The molecule has 2 heterocycles. The fourth-order valence-corrected chi connectivity index (χ4v) is 1.90. The number of hydrogen-bond donors (Lipinski definition) is 0. The molecular formula is C13H16N4O. The SMILES string of the molecule is CCN(C(C)=O)c1cn(-c2cccnc2)nc1C. The molecule has 0 saturated carbocycles. The van der Waals surface area contributed by atoms with Crippen molar-refractivity contribution in [3.05, 3.63) is 36.4 Å². The first-order chi connectivity index (χ1) is 8.63. The molecule has 0 radical (unpaired) electrons. The van der Waals surface area contributed by atoms with Gasteiger partial charge in [-0.2, -0.15) is 5.10 Å². The van der Waals surface area contributed by atoms with E-state index < -0.39 is 0 Å². The van der Waals surface area contributed by atoms with E-state index >= 15 is 0 Å². The summed E-state index contributed by atoms with van der Waals surface area (Å²) in [4.78, 5) is 17.3. The maximum atomic E-state index is 11.5. The number of rotatable bonds is 3. The number of amides is 1. The van der Waals surface area contributed by atoms with Crippen LogP contribution >= 0.6 is 0 Å². The van der Waals surface area contributed by atoms with Crippen LogP contribution in [0.2, 0.25) is 0 Å². The lowest BCUT2D eigenvalue weighted by atomic mass is 10.3. The molecule has 0 aliphatic carbocycles. The largest absolute Gasteiger partial charge is 0.310 e. The van der Waals surface area contributed by atoms with Crippen molar-refractivity contribution in [1.29, 1.82) is 0 Å². The molecule has 0 saturated heterocycles. The van der Waals surface area contributed by atoms with Gasteiger partial charge in [-0.1, -0.05) is 0 Å². The standard InChI is InChI=1S/C13H16N4O/c1-4-16(11(3)18)13-9-17(15-10(13)2)12-6-5-7-14-8-12/h5-9H,4H2,1-3H3. The van der Waals surface area contributed by atoms with Gasteiger partial charge in [0.2, 0.25) is 5.91 Å². The Kier molecular flexibility index (Phi) is 3.41. The van der Waals surface area contributed by atoms with Crippen LogP contribution in [0.25, 0.3) is 5.69 Å². The van der Waals surface area contributed by atoms with Crippen molar-refractivity contribution in [2.24, 2.45) is 0 Å². The Bertz CT molecular complexity index is 547. The fraction of sp³-hybridized carbons (Fsp3) is 0.308. The molecule has 0 N–H and O–H groups in total. The van der Waals surface area contributed by atoms with Gasteiger partial charge in [0.15, 0.2) is 0 Å². The van der Waals surface area contributed by atoms with Crippen molar-refractivity contribution in [2.75, 3.05) is 11.4 Å². The quantitative estimate of drug-likeness (QED) is 0.829. The summed E-state index contributed by atoms with van der Waals surface area (Å²) in [6.45, 7) is 6.04. The third kappa shape index (κ3) is 2.25. The van der Waals surface area contributed by atoms with Gasteiger partial charge in [-0.25, -0.2) is 4.68 Å². The average Bonchev–Trinajstić information content (AvgIpc) is 2.73. The number of pyridine rings is 1. The molecule has 2 aromatic rings. The summed E-state index contributed by atoms with van der Waals surface area (Å²) in [5, 5.41) is 4.41. The Hall–Kier alpha value is -2.17. The zero-order valence-corrected chi connectivity index (χ0v) is 10.8. The highest BCUT2D eigenvalue weighted by Crippen LogP contribution is 2.20. The zero-order valence-electron chi connectivity index (χ0n) is 10.8. The Labute approximate surface area is 106 Å². The number of aryl methyl sites for hydroxylation is 1. The Balaban J connectivity index is 2.41. The maximum Gasteiger partial charge on any atom is 0.223 e. The second-order valence-electron chi connectivity index (χ2n) is 4.02. The van der Waals surface area contributed by atoms with E-state index in [1.807, 2.05) is 32.2 Å². The fourth-order valence-electron chi connectivity index (χ4n) is 1.90. The van der Waals surface area contributed by atoms with Gasteiger partial charge in [0, 0.05) is 19.7 Å². The first kappa shape index (κ1) is 12.3. The van der Waals surface area contributed by atoms with Gasteiger partial charge in [-0.05, 0) is 26.0 Å². The van der Waals surface area contributed by atoms with E-state index in [9.17, 15) is 4.79 Å². The van der Waals surface area contributed by atoms with Crippen LogP contribution in [0, 0.1) is 6.92 Å². The normalized spacial score (nSPS) is 10.4. The van der Waals surface area contributed by atoms with Crippen molar-refractivity contribution < 1.29 is 4.79 Å². The van der Waals surface area contributed by atoms with E-state index in [0.717, 1.165) is 17.1 Å². The molecule has 1 amide bonds. The van der Waals surface area contributed by atoms with Crippen molar-refractivity contribution in [3.63, 3.8) is 0 Å². The lowest BCUT2D eigenvalue weighted by Crippen LogP contribution is -2.28. The Morgan fingerprint density at radius 2 is 2.28 bits per heavy atom. The number of carbonyl (C=O) groups is 1.